The molecular weight excluding hydrogens is 276 g/mol. The fraction of sp³-hybridized carbons (Fsp3) is 0.824. The molecule has 1 aromatic heterocycles. The van der Waals surface area contributed by atoms with E-state index in [0.717, 1.165) is 31.8 Å². The minimum absolute atomic E-state index is 0.282. The first-order valence-corrected chi connectivity index (χ1v) is 8.95. The summed E-state index contributed by atoms with van der Waals surface area (Å²) in [7, 11) is 0. The molecule has 1 unspecified atom stereocenters. The molecule has 1 atom stereocenters. The first kappa shape index (κ1) is 13.1. The molecule has 2 heterocycles. The third-order valence-electron chi connectivity index (χ3n) is 6.34. The van der Waals surface area contributed by atoms with Gasteiger partial charge in [0, 0.05) is 31.0 Å². The zero-order valence-corrected chi connectivity index (χ0v) is 13.1. The lowest BCUT2D eigenvalue weighted by Crippen LogP contribution is -2.32. The predicted octanol–water partition coefficient (Wildman–Crippen LogP) is 2.51. The van der Waals surface area contributed by atoms with E-state index in [2.05, 4.69) is 19.7 Å². The minimum atomic E-state index is 0.282. The van der Waals surface area contributed by atoms with Crippen LogP contribution in [0.2, 0.25) is 0 Å². The summed E-state index contributed by atoms with van der Waals surface area (Å²) in [5, 5.41) is 8.72. The highest BCUT2D eigenvalue weighted by atomic mass is 16.2. The van der Waals surface area contributed by atoms with E-state index in [-0.39, 0.29) is 5.41 Å². The Morgan fingerprint density at radius 2 is 1.95 bits per heavy atom. The van der Waals surface area contributed by atoms with Crippen molar-refractivity contribution in [2.24, 2.45) is 11.3 Å². The normalized spacial score (nSPS) is 30.4. The lowest BCUT2D eigenvalue weighted by Gasteiger charge is -2.29. The van der Waals surface area contributed by atoms with Crippen LogP contribution in [0.5, 0.6) is 0 Å². The van der Waals surface area contributed by atoms with Crippen LogP contribution in [-0.2, 0) is 4.79 Å². The molecule has 118 valence electrons. The lowest BCUT2D eigenvalue weighted by molar-refractivity contribution is -0.131. The molecule has 1 spiro atoms. The third-order valence-corrected chi connectivity index (χ3v) is 6.34. The van der Waals surface area contributed by atoms with Gasteiger partial charge in [-0.15, -0.1) is 10.2 Å². The van der Waals surface area contributed by atoms with Crippen LogP contribution in [0.1, 0.15) is 69.2 Å². The van der Waals surface area contributed by atoms with Gasteiger partial charge in [-0.1, -0.05) is 12.8 Å². The van der Waals surface area contributed by atoms with Crippen molar-refractivity contribution in [3.63, 3.8) is 0 Å². The highest BCUT2D eigenvalue weighted by Crippen LogP contribution is 2.54. The SMILES string of the molecule is O=C(C1CC1)N1CC(c2nncn2C2CC2)C2(CCCC2)C1. The predicted molar refractivity (Wildman–Crippen MR) is 81.2 cm³/mol. The van der Waals surface area contributed by atoms with Crippen molar-refractivity contribution in [1.29, 1.82) is 0 Å². The van der Waals surface area contributed by atoms with Gasteiger partial charge in [-0.05, 0) is 43.9 Å². The summed E-state index contributed by atoms with van der Waals surface area (Å²) < 4.78 is 2.32. The fourth-order valence-corrected chi connectivity index (χ4v) is 4.80. The summed E-state index contributed by atoms with van der Waals surface area (Å²) in [5.41, 5.74) is 0.282. The van der Waals surface area contributed by atoms with Gasteiger partial charge in [-0.25, -0.2) is 0 Å². The van der Waals surface area contributed by atoms with Crippen LogP contribution >= 0.6 is 0 Å². The molecule has 0 bridgehead atoms. The third kappa shape index (κ3) is 1.94. The average molecular weight is 300 g/mol. The highest BCUT2D eigenvalue weighted by Gasteiger charge is 2.53. The molecule has 1 amide bonds. The second-order valence-electron chi connectivity index (χ2n) is 7.94. The Labute approximate surface area is 131 Å². The molecule has 1 aromatic rings. The average Bonchev–Trinajstić information content (AvgIpc) is 3.44. The summed E-state index contributed by atoms with van der Waals surface area (Å²) in [5.74, 6) is 2.31. The van der Waals surface area contributed by atoms with Crippen molar-refractivity contribution in [3.8, 4) is 0 Å². The van der Waals surface area contributed by atoms with E-state index in [1.165, 1.54) is 38.5 Å². The quantitative estimate of drug-likeness (QED) is 0.862. The van der Waals surface area contributed by atoms with E-state index < -0.39 is 0 Å². The summed E-state index contributed by atoms with van der Waals surface area (Å²) in [4.78, 5) is 14.7. The summed E-state index contributed by atoms with van der Waals surface area (Å²) in [6.07, 6.45) is 11.8. The Balaban J connectivity index is 1.48. The second-order valence-corrected chi connectivity index (χ2v) is 7.94. The van der Waals surface area contributed by atoms with E-state index in [1.807, 2.05) is 6.33 Å². The van der Waals surface area contributed by atoms with Crippen LogP contribution in [-0.4, -0.2) is 38.7 Å². The smallest absolute Gasteiger partial charge is 0.225 e. The maximum absolute atomic E-state index is 12.6. The van der Waals surface area contributed by atoms with Crippen LogP contribution in [0.3, 0.4) is 0 Å². The molecule has 0 aromatic carbocycles. The Morgan fingerprint density at radius 1 is 1.18 bits per heavy atom. The first-order valence-electron chi connectivity index (χ1n) is 8.95. The van der Waals surface area contributed by atoms with Gasteiger partial charge in [-0.3, -0.25) is 4.79 Å². The minimum Gasteiger partial charge on any atom is -0.341 e. The number of hydrogen-bond donors (Lipinski definition) is 0. The molecule has 4 aliphatic rings. The van der Waals surface area contributed by atoms with Crippen molar-refractivity contribution < 1.29 is 4.79 Å². The van der Waals surface area contributed by atoms with Gasteiger partial charge >= 0.3 is 0 Å². The van der Waals surface area contributed by atoms with Gasteiger partial charge in [0.15, 0.2) is 0 Å². The van der Waals surface area contributed by atoms with E-state index >= 15 is 0 Å². The maximum atomic E-state index is 12.6. The number of nitrogens with zero attached hydrogens (tertiary/aromatic N) is 4. The van der Waals surface area contributed by atoms with Crippen molar-refractivity contribution in [2.75, 3.05) is 13.1 Å². The van der Waals surface area contributed by atoms with E-state index in [0.29, 0.717) is 23.8 Å². The molecule has 3 aliphatic carbocycles. The first-order chi connectivity index (χ1) is 10.8. The van der Waals surface area contributed by atoms with Gasteiger partial charge in [0.05, 0.1) is 0 Å². The van der Waals surface area contributed by atoms with Gasteiger partial charge in [0.25, 0.3) is 0 Å². The standard InChI is InChI=1S/C17H24N4O/c22-16(12-3-4-12)20-9-14(17(10-20)7-1-2-8-17)15-19-18-11-21(15)13-5-6-13/h11-14H,1-10H2. The molecule has 1 aliphatic heterocycles. The van der Waals surface area contributed by atoms with Crippen molar-refractivity contribution in [1.82, 2.24) is 19.7 Å². The van der Waals surface area contributed by atoms with Crippen molar-refractivity contribution in [2.45, 2.75) is 63.3 Å². The number of aromatic nitrogens is 3. The van der Waals surface area contributed by atoms with Crippen molar-refractivity contribution in [3.05, 3.63) is 12.2 Å². The van der Waals surface area contributed by atoms with E-state index in [4.69, 9.17) is 0 Å². The molecule has 0 N–H and O–H groups in total. The topological polar surface area (TPSA) is 51.0 Å². The molecular formula is C17H24N4O. The molecule has 3 saturated carbocycles. The van der Waals surface area contributed by atoms with Gasteiger partial charge in [-0.2, -0.15) is 0 Å². The number of carbonyl (C=O) groups excluding carboxylic acids is 1. The van der Waals surface area contributed by atoms with Crippen molar-refractivity contribution >= 4 is 5.91 Å². The number of amides is 1. The monoisotopic (exact) mass is 300 g/mol. The Hall–Kier alpha value is -1.39. The van der Waals surface area contributed by atoms with Crippen LogP contribution < -0.4 is 0 Å². The molecule has 1 saturated heterocycles. The molecule has 22 heavy (non-hydrogen) atoms. The highest BCUT2D eigenvalue weighted by molar-refractivity contribution is 5.81. The van der Waals surface area contributed by atoms with Crippen LogP contribution in [0.15, 0.2) is 6.33 Å². The number of hydrogen-bond acceptors (Lipinski definition) is 3. The molecule has 0 radical (unpaired) electrons. The van der Waals surface area contributed by atoms with E-state index in [9.17, 15) is 4.79 Å². The second kappa shape index (κ2) is 4.56. The van der Waals surface area contributed by atoms with Gasteiger partial charge in [0.1, 0.15) is 12.2 Å². The molecule has 5 heteroatoms. The number of rotatable bonds is 3. The van der Waals surface area contributed by atoms with Crippen LogP contribution in [0.25, 0.3) is 0 Å². The Morgan fingerprint density at radius 3 is 2.64 bits per heavy atom. The maximum Gasteiger partial charge on any atom is 0.225 e. The Kier molecular flexibility index (Phi) is 2.71. The number of likely N-dealkylation sites (tertiary alicyclic amines) is 1. The van der Waals surface area contributed by atoms with Gasteiger partial charge < -0.3 is 9.47 Å². The molecule has 5 rings (SSSR count). The largest absolute Gasteiger partial charge is 0.341 e. The fourth-order valence-electron chi connectivity index (χ4n) is 4.80. The van der Waals surface area contributed by atoms with E-state index in [1.54, 1.807) is 0 Å². The Bertz CT molecular complexity index is 596. The van der Waals surface area contributed by atoms with Gasteiger partial charge in [0.2, 0.25) is 5.91 Å². The summed E-state index contributed by atoms with van der Waals surface area (Å²) in [6, 6.07) is 0.622. The van der Waals surface area contributed by atoms with Crippen LogP contribution in [0, 0.1) is 11.3 Å². The molecule has 4 fully saturated rings. The summed E-state index contributed by atoms with van der Waals surface area (Å²) in [6.45, 7) is 1.84. The zero-order valence-electron chi connectivity index (χ0n) is 13.1. The summed E-state index contributed by atoms with van der Waals surface area (Å²) >= 11 is 0. The number of carbonyl (C=O) groups is 1. The van der Waals surface area contributed by atoms with Crippen LogP contribution in [0.4, 0.5) is 0 Å². The zero-order chi connectivity index (χ0) is 14.7. The lowest BCUT2D eigenvalue weighted by atomic mass is 9.76. The molecule has 5 nitrogen and oxygen atoms in total.